The molecule has 1 aromatic carbocycles. The molecule has 0 saturated carbocycles. The van der Waals surface area contributed by atoms with Crippen molar-refractivity contribution in [3.8, 4) is 11.8 Å². The van der Waals surface area contributed by atoms with Crippen LogP contribution in [-0.2, 0) is 10.0 Å². The molecule has 0 radical (unpaired) electrons. The number of anilines is 1. The molecule has 1 N–H and O–H groups in total. The number of nitrogens with zero attached hydrogens (tertiary/aromatic N) is 2. The Kier molecular flexibility index (Phi) is 4.76. The van der Waals surface area contributed by atoms with Gasteiger partial charge in [0, 0.05) is 0 Å². The van der Waals surface area contributed by atoms with E-state index < -0.39 is 15.8 Å². The second-order valence-electron chi connectivity index (χ2n) is 4.09. The molecule has 0 spiro atoms. The average Bonchev–Trinajstić information content (AvgIpc) is 2.49. The van der Waals surface area contributed by atoms with Crippen molar-refractivity contribution in [1.29, 1.82) is 0 Å². The molecule has 0 fully saturated rings. The van der Waals surface area contributed by atoms with Gasteiger partial charge in [-0.15, -0.1) is 0 Å². The van der Waals surface area contributed by atoms with E-state index in [1.165, 1.54) is 25.6 Å². The van der Waals surface area contributed by atoms with Gasteiger partial charge < -0.3 is 9.47 Å². The summed E-state index contributed by atoms with van der Waals surface area (Å²) in [5, 5.41) is 0. The highest BCUT2D eigenvalue weighted by atomic mass is 32.2. The Morgan fingerprint density at radius 1 is 1.27 bits per heavy atom. The summed E-state index contributed by atoms with van der Waals surface area (Å²) in [6.45, 7) is 2.17. The predicted molar refractivity (Wildman–Crippen MR) is 77.0 cm³/mol. The van der Waals surface area contributed by atoms with E-state index in [1.807, 2.05) is 0 Å². The minimum absolute atomic E-state index is 0.0285. The van der Waals surface area contributed by atoms with Crippen molar-refractivity contribution < 1.29 is 22.3 Å². The molecular weight excluding hydrogens is 313 g/mol. The zero-order chi connectivity index (χ0) is 16.2. The fourth-order valence-corrected chi connectivity index (χ4v) is 2.85. The van der Waals surface area contributed by atoms with Crippen LogP contribution in [0.25, 0.3) is 0 Å². The van der Waals surface area contributed by atoms with Gasteiger partial charge in [0.1, 0.15) is 16.5 Å². The van der Waals surface area contributed by atoms with Crippen LogP contribution < -0.4 is 14.2 Å². The first-order valence-electron chi connectivity index (χ1n) is 6.27. The van der Waals surface area contributed by atoms with Crippen LogP contribution in [0.2, 0.25) is 0 Å². The van der Waals surface area contributed by atoms with Gasteiger partial charge in [0.2, 0.25) is 0 Å². The third-order valence-corrected chi connectivity index (χ3v) is 3.97. The average molecular weight is 327 g/mol. The van der Waals surface area contributed by atoms with E-state index in [4.69, 9.17) is 9.47 Å². The third-order valence-electron chi connectivity index (χ3n) is 2.57. The smallest absolute Gasteiger partial charge is 0.316 e. The zero-order valence-corrected chi connectivity index (χ0v) is 12.7. The Morgan fingerprint density at radius 2 is 1.95 bits per heavy atom. The normalized spacial score (nSPS) is 11.0. The number of hydrogen-bond acceptors (Lipinski definition) is 6. The molecule has 0 aliphatic rings. The number of hydrogen-bond donors (Lipinski definition) is 1. The number of sulfonamides is 1. The number of benzene rings is 1. The largest absolute Gasteiger partial charge is 0.495 e. The lowest BCUT2D eigenvalue weighted by Gasteiger charge is -2.11. The van der Waals surface area contributed by atoms with E-state index >= 15 is 0 Å². The van der Waals surface area contributed by atoms with Crippen molar-refractivity contribution in [2.75, 3.05) is 18.4 Å². The maximum Gasteiger partial charge on any atom is 0.316 e. The molecule has 0 amide bonds. The van der Waals surface area contributed by atoms with Gasteiger partial charge >= 0.3 is 6.01 Å². The monoisotopic (exact) mass is 327 g/mol. The second-order valence-corrected chi connectivity index (χ2v) is 5.74. The standard InChI is InChI=1S/C13H14FN3O4S/c1-3-21-13-15-7-10(8-16-13)17-22(18,19)12-6-9(14)4-5-11(12)20-2/h4-8,17H,3H2,1-2H3. The Balaban J connectivity index is 2.29. The lowest BCUT2D eigenvalue weighted by Crippen LogP contribution is -2.15. The summed E-state index contributed by atoms with van der Waals surface area (Å²) in [4.78, 5) is 7.37. The minimum Gasteiger partial charge on any atom is -0.495 e. The first-order chi connectivity index (χ1) is 10.5. The summed E-state index contributed by atoms with van der Waals surface area (Å²) in [5.41, 5.74) is 0.120. The summed E-state index contributed by atoms with van der Waals surface area (Å²) in [5.74, 6) is -0.662. The maximum atomic E-state index is 13.3. The summed E-state index contributed by atoms with van der Waals surface area (Å²) in [6, 6.07) is 3.35. The number of aromatic nitrogens is 2. The summed E-state index contributed by atoms with van der Waals surface area (Å²) < 4.78 is 50.1. The van der Waals surface area contributed by atoms with Crippen LogP contribution in [0.1, 0.15) is 6.92 Å². The van der Waals surface area contributed by atoms with Crippen molar-refractivity contribution in [1.82, 2.24) is 9.97 Å². The van der Waals surface area contributed by atoms with E-state index in [1.54, 1.807) is 6.92 Å². The van der Waals surface area contributed by atoms with Gasteiger partial charge in [-0.1, -0.05) is 0 Å². The molecule has 1 aromatic heterocycles. The SMILES string of the molecule is CCOc1ncc(NS(=O)(=O)c2cc(F)ccc2OC)cn1. The first kappa shape index (κ1) is 16.0. The molecule has 7 nitrogen and oxygen atoms in total. The third kappa shape index (κ3) is 3.61. The molecule has 2 rings (SSSR count). The van der Waals surface area contributed by atoms with Crippen LogP contribution in [0.4, 0.5) is 10.1 Å². The number of halogens is 1. The molecular formula is C13H14FN3O4S. The lowest BCUT2D eigenvalue weighted by molar-refractivity contribution is 0.312. The molecule has 9 heteroatoms. The van der Waals surface area contributed by atoms with Crippen molar-refractivity contribution in [3.63, 3.8) is 0 Å². The van der Waals surface area contributed by atoms with Crippen LogP contribution in [0.5, 0.6) is 11.8 Å². The van der Waals surface area contributed by atoms with Crippen LogP contribution >= 0.6 is 0 Å². The molecule has 0 atom stereocenters. The van der Waals surface area contributed by atoms with Gasteiger partial charge in [-0.05, 0) is 25.1 Å². The number of nitrogens with one attached hydrogen (secondary N) is 1. The Bertz CT molecular complexity index is 750. The number of methoxy groups -OCH3 is 1. The number of ether oxygens (including phenoxy) is 2. The van der Waals surface area contributed by atoms with Crippen LogP contribution in [0.15, 0.2) is 35.5 Å². The first-order valence-corrected chi connectivity index (χ1v) is 7.76. The van der Waals surface area contributed by atoms with Crippen LogP contribution in [0.3, 0.4) is 0 Å². The van der Waals surface area contributed by atoms with Gasteiger partial charge in [-0.2, -0.15) is 0 Å². The Labute approximate surface area is 127 Å². The quantitative estimate of drug-likeness (QED) is 0.870. The van der Waals surface area contributed by atoms with Crippen molar-refractivity contribution in [2.45, 2.75) is 11.8 Å². The fourth-order valence-electron chi connectivity index (χ4n) is 1.64. The van der Waals surface area contributed by atoms with E-state index in [0.717, 1.165) is 12.1 Å². The van der Waals surface area contributed by atoms with E-state index in [2.05, 4.69) is 14.7 Å². The molecule has 0 bridgehead atoms. The molecule has 1 heterocycles. The molecule has 2 aromatic rings. The van der Waals surface area contributed by atoms with E-state index in [0.29, 0.717) is 6.61 Å². The predicted octanol–water partition coefficient (Wildman–Crippen LogP) is 1.82. The topological polar surface area (TPSA) is 90.4 Å². The van der Waals surface area contributed by atoms with Gasteiger partial charge in [-0.25, -0.2) is 22.8 Å². The summed E-state index contributed by atoms with van der Waals surface area (Å²) in [7, 11) is -2.74. The highest BCUT2D eigenvalue weighted by Gasteiger charge is 2.21. The minimum atomic E-state index is -4.04. The van der Waals surface area contributed by atoms with Gasteiger partial charge in [0.15, 0.2) is 0 Å². The van der Waals surface area contributed by atoms with Crippen molar-refractivity contribution in [2.24, 2.45) is 0 Å². The maximum absolute atomic E-state index is 13.3. The fraction of sp³-hybridized carbons (Fsp3) is 0.231. The zero-order valence-electron chi connectivity index (χ0n) is 11.9. The van der Waals surface area contributed by atoms with Gasteiger partial charge in [-0.3, -0.25) is 4.72 Å². The lowest BCUT2D eigenvalue weighted by atomic mass is 10.3. The Morgan fingerprint density at radius 3 is 2.55 bits per heavy atom. The molecule has 22 heavy (non-hydrogen) atoms. The van der Waals surface area contributed by atoms with Crippen molar-refractivity contribution >= 4 is 15.7 Å². The second kappa shape index (κ2) is 6.56. The highest BCUT2D eigenvalue weighted by molar-refractivity contribution is 7.92. The molecule has 0 unspecified atom stereocenters. The van der Waals surface area contributed by atoms with E-state index in [-0.39, 0.29) is 22.3 Å². The molecule has 0 saturated heterocycles. The van der Waals surface area contributed by atoms with Gasteiger partial charge in [0.05, 0.1) is 31.8 Å². The van der Waals surface area contributed by atoms with E-state index in [9.17, 15) is 12.8 Å². The summed E-state index contributed by atoms with van der Waals surface area (Å²) in [6.07, 6.45) is 2.50. The van der Waals surface area contributed by atoms with Gasteiger partial charge in [0.25, 0.3) is 10.0 Å². The molecule has 0 aliphatic heterocycles. The van der Waals surface area contributed by atoms with Crippen molar-refractivity contribution in [3.05, 3.63) is 36.4 Å². The summed E-state index contributed by atoms with van der Waals surface area (Å²) >= 11 is 0. The molecule has 118 valence electrons. The Hall–Kier alpha value is -2.42. The van der Waals surface area contributed by atoms with Crippen LogP contribution in [0, 0.1) is 5.82 Å². The number of rotatable bonds is 6. The highest BCUT2D eigenvalue weighted by Crippen LogP contribution is 2.26. The van der Waals surface area contributed by atoms with Crippen LogP contribution in [-0.4, -0.2) is 32.1 Å². The molecule has 0 aliphatic carbocycles.